The van der Waals surface area contributed by atoms with Gasteiger partial charge in [-0.15, -0.1) is 0 Å². The lowest BCUT2D eigenvalue weighted by molar-refractivity contribution is 0.102. The van der Waals surface area contributed by atoms with Gasteiger partial charge in [-0.1, -0.05) is 0 Å². The summed E-state index contributed by atoms with van der Waals surface area (Å²) in [4.78, 5) is 20.9. The number of pyridine rings is 1. The first-order chi connectivity index (χ1) is 12.2. The van der Waals surface area contributed by atoms with Crippen molar-refractivity contribution in [3.05, 3.63) is 78.6 Å². The lowest BCUT2D eigenvalue weighted by Gasteiger charge is -2.06. The zero-order chi connectivity index (χ0) is 17.2. The van der Waals surface area contributed by atoms with E-state index in [0.717, 1.165) is 5.56 Å². The number of carbonyl (C=O) groups excluding carboxylic acids is 1. The van der Waals surface area contributed by atoms with E-state index in [1.54, 1.807) is 47.5 Å². The van der Waals surface area contributed by atoms with Crippen LogP contribution >= 0.6 is 0 Å². The molecule has 0 spiro atoms. The van der Waals surface area contributed by atoms with Crippen LogP contribution in [0.2, 0.25) is 0 Å². The Hall–Kier alpha value is -3.61. The number of nitrogens with one attached hydrogen (secondary N) is 1. The molecule has 0 fully saturated rings. The highest BCUT2D eigenvalue weighted by molar-refractivity contribution is 6.04. The van der Waals surface area contributed by atoms with Crippen molar-refractivity contribution in [1.82, 2.24) is 19.6 Å². The third-order valence-electron chi connectivity index (χ3n) is 3.68. The average molecular weight is 335 g/mol. The van der Waals surface area contributed by atoms with Gasteiger partial charge in [0, 0.05) is 31.3 Å². The quantitative estimate of drug-likeness (QED) is 0.622. The smallest absolute Gasteiger partial charge is 0.255 e. The van der Waals surface area contributed by atoms with E-state index < -0.39 is 0 Å². The van der Waals surface area contributed by atoms with E-state index in [-0.39, 0.29) is 13.2 Å². The minimum absolute atomic E-state index is 0. The van der Waals surface area contributed by atoms with Crippen LogP contribution in [0, 0.1) is 5.82 Å². The Labute approximate surface area is 143 Å². The summed E-state index contributed by atoms with van der Waals surface area (Å²) in [5.74, 6) is -0.710. The molecule has 1 aromatic carbocycles. The second kappa shape index (κ2) is 6.12. The summed E-state index contributed by atoms with van der Waals surface area (Å²) < 4.78 is 14.6. The first-order valence-corrected chi connectivity index (χ1v) is 7.52. The summed E-state index contributed by atoms with van der Waals surface area (Å²) in [7, 11) is 0. The molecule has 0 aliphatic heterocycles. The van der Waals surface area contributed by atoms with Gasteiger partial charge in [0.15, 0.2) is 5.65 Å². The van der Waals surface area contributed by atoms with Gasteiger partial charge in [-0.2, -0.15) is 5.10 Å². The van der Waals surface area contributed by atoms with Crippen molar-refractivity contribution in [2.45, 2.75) is 0 Å². The lowest BCUT2D eigenvalue weighted by Crippen LogP contribution is -2.11. The fraction of sp³-hybridized carbons (Fsp3) is 0. The normalized spacial score (nSPS) is 10.8. The number of nitrogens with zero attached hydrogens (tertiary/aromatic N) is 4. The van der Waals surface area contributed by atoms with Crippen LogP contribution in [0.1, 0.15) is 11.8 Å². The molecule has 0 unspecified atom stereocenters. The van der Waals surface area contributed by atoms with Gasteiger partial charge in [-0.05, 0) is 42.5 Å². The number of carbonyl (C=O) groups is 1. The fourth-order valence-corrected chi connectivity index (χ4v) is 2.47. The molecule has 0 aliphatic rings. The molecule has 1 amide bonds. The summed E-state index contributed by atoms with van der Waals surface area (Å²) in [6, 6.07) is 10.6. The van der Waals surface area contributed by atoms with Gasteiger partial charge < -0.3 is 5.32 Å². The molecule has 3 aromatic heterocycles. The number of benzene rings is 1. The van der Waals surface area contributed by atoms with Gasteiger partial charge in [-0.25, -0.2) is 13.9 Å². The molecule has 7 heteroatoms. The number of rotatable bonds is 3. The Morgan fingerprint density at radius 3 is 2.80 bits per heavy atom. The Balaban J connectivity index is 0.00000196. The van der Waals surface area contributed by atoms with Gasteiger partial charge in [0.1, 0.15) is 5.82 Å². The summed E-state index contributed by atoms with van der Waals surface area (Å²) in [6.45, 7) is 0. The predicted molar refractivity (Wildman–Crippen MR) is 92.7 cm³/mol. The van der Waals surface area contributed by atoms with Gasteiger partial charge >= 0.3 is 0 Å². The summed E-state index contributed by atoms with van der Waals surface area (Å²) in [6.07, 6.45) is 6.75. The molecule has 0 radical (unpaired) electrons. The first kappa shape index (κ1) is 14.9. The molecular weight excluding hydrogens is 321 g/mol. The molecule has 1 N–H and O–H groups in total. The fourth-order valence-electron chi connectivity index (χ4n) is 2.47. The van der Waals surface area contributed by atoms with Gasteiger partial charge in [-0.3, -0.25) is 9.78 Å². The molecule has 124 valence electrons. The number of hydrogen-bond acceptors (Lipinski definition) is 4. The van der Waals surface area contributed by atoms with Crippen molar-refractivity contribution in [1.29, 1.82) is 0 Å². The van der Waals surface area contributed by atoms with Crippen LogP contribution in [0.15, 0.2) is 67.3 Å². The van der Waals surface area contributed by atoms with Crippen LogP contribution < -0.4 is 5.32 Å². The van der Waals surface area contributed by atoms with Crippen molar-refractivity contribution in [2.24, 2.45) is 0 Å². The minimum Gasteiger partial charge on any atom is -0.322 e. The third kappa shape index (κ3) is 2.94. The lowest BCUT2D eigenvalue weighted by atomic mass is 10.2. The molecule has 4 rings (SSSR count). The summed E-state index contributed by atoms with van der Waals surface area (Å²) in [5.41, 5.74) is 3.04. The summed E-state index contributed by atoms with van der Waals surface area (Å²) >= 11 is 0. The zero-order valence-electron chi connectivity index (χ0n) is 12.9. The Kier molecular flexibility index (Phi) is 3.66. The highest BCUT2D eigenvalue weighted by atomic mass is 19.1. The second-order valence-corrected chi connectivity index (χ2v) is 5.34. The van der Waals surface area contributed by atoms with Crippen LogP contribution in [-0.2, 0) is 0 Å². The van der Waals surface area contributed by atoms with Crippen molar-refractivity contribution < 1.29 is 10.6 Å². The second-order valence-electron chi connectivity index (χ2n) is 5.34. The Morgan fingerprint density at radius 2 is 1.96 bits per heavy atom. The van der Waals surface area contributed by atoms with E-state index in [9.17, 15) is 9.18 Å². The van der Waals surface area contributed by atoms with E-state index in [0.29, 0.717) is 22.6 Å². The number of anilines is 1. The largest absolute Gasteiger partial charge is 0.322 e. The number of halogens is 1. The molecule has 0 saturated heterocycles. The van der Waals surface area contributed by atoms with Crippen molar-refractivity contribution in [2.75, 3.05) is 5.32 Å². The third-order valence-corrected chi connectivity index (χ3v) is 3.68. The molecule has 0 atom stereocenters. The maximum Gasteiger partial charge on any atom is 0.255 e. The van der Waals surface area contributed by atoms with E-state index >= 15 is 0 Å². The molecule has 0 saturated carbocycles. The van der Waals surface area contributed by atoms with Gasteiger partial charge in [0.05, 0.1) is 17.5 Å². The number of amides is 1. The number of fused-ring (bicyclic) bond motifs is 1. The topological polar surface area (TPSA) is 72.2 Å². The first-order valence-electron chi connectivity index (χ1n) is 7.52. The van der Waals surface area contributed by atoms with Gasteiger partial charge in [0.2, 0.25) is 0 Å². The van der Waals surface area contributed by atoms with Crippen LogP contribution in [0.5, 0.6) is 0 Å². The highest BCUT2D eigenvalue weighted by Crippen LogP contribution is 2.23. The van der Waals surface area contributed by atoms with Crippen molar-refractivity contribution in [3.8, 4) is 11.3 Å². The van der Waals surface area contributed by atoms with Crippen LogP contribution in [0.25, 0.3) is 16.9 Å². The molecule has 4 aromatic rings. The minimum atomic E-state index is -0.386. The SMILES string of the molecule is O=C(Nc1ccnc(-c2cnn3cccnc23)c1)c1ccc(F)cc1.[HH]. The summed E-state index contributed by atoms with van der Waals surface area (Å²) in [5, 5.41) is 7.01. The van der Waals surface area contributed by atoms with E-state index in [1.165, 1.54) is 24.3 Å². The van der Waals surface area contributed by atoms with Crippen molar-refractivity contribution in [3.63, 3.8) is 0 Å². The standard InChI is InChI=1S/C18H12FN5O.H2/c19-13-4-2-12(3-5-13)18(25)23-14-6-8-20-16(10-14)15-11-22-24-9-1-7-21-17(15)24;/h1-11H,(H,20,23,25);1H. The monoisotopic (exact) mass is 335 g/mol. The molecule has 25 heavy (non-hydrogen) atoms. The van der Waals surface area contributed by atoms with Crippen molar-refractivity contribution >= 4 is 17.2 Å². The number of aromatic nitrogens is 4. The molecular formula is C18H14FN5O. The zero-order valence-corrected chi connectivity index (χ0v) is 12.9. The molecule has 3 heterocycles. The Bertz CT molecular complexity index is 1060. The van der Waals surface area contributed by atoms with Crippen LogP contribution in [-0.4, -0.2) is 25.5 Å². The average Bonchev–Trinajstić information content (AvgIpc) is 3.06. The van der Waals surface area contributed by atoms with Crippen LogP contribution in [0.3, 0.4) is 0 Å². The number of hydrogen-bond donors (Lipinski definition) is 1. The maximum atomic E-state index is 13.0. The molecule has 0 aliphatic carbocycles. The van der Waals surface area contributed by atoms with Crippen LogP contribution in [0.4, 0.5) is 10.1 Å². The van der Waals surface area contributed by atoms with Gasteiger partial charge in [0.25, 0.3) is 5.91 Å². The van der Waals surface area contributed by atoms with E-state index in [4.69, 9.17) is 0 Å². The Morgan fingerprint density at radius 1 is 1.12 bits per heavy atom. The molecule has 6 nitrogen and oxygen atoms in total. The highest BCUT2D eigenvalue weighted by Gasteiger charge is 2.11. The van der Waals surface area contributed by atoms with E-state index in [2.05, 4.69) is 20.4 Å². The van der Waals surface area contributed by atoms with E-state index in [1.807, 2.05) is 0 Å². The molecule has 0 bridgehead atoms. The predicted octanol–water partition coefficient (Wildman–Crippen LogP) is 3.43. The maximum absolute atomic E-state index is 13.0.